The Morgan fingerprint density at radius 2 is 2.33 bits per heavy atom. The standard InChI is InChI=1S/C14H18N2O2/c1-10-3-2-4-12(7-10)16-9-13(18-14(16)17)11-5-6-15-8-11/h2-4,7,11,13,15H,5-6,8-9H2,1H3. The predicted molar refractivity (Wildman–Crippen MR) is 69.8 cm³/mol. The summed E-state index contributed by atoms with van der Waals surface area (Å²) in [5.74, 6) is 0.462. The van der Waals surface area contributed by atoms with E-state index in [4.69, 9.17) is 4.74 Å². The molecule has 2 fully saturated rings. The molecule has 0 aromatic heterocycles. The first-order valence-corrected chi connectivity index (χ1v) is 6.49. The minimum atomic E-state index is -0.211. The van der Waals surface area contributed by atoms with Crippen molar-refractivity contribution in [2.24, 2.45) is 5.92 Å². The number of amides is 1. The van der Waals surface area contributed by atoms with Gasteiger partial charge in [-0.15, -0.1) is 0 Å². The zero-order chi connectivity index (χ0) is 12.5. The van der Waals surface area contributed by atoms with Crippen LogP contribution in [-0.4, -0.2) is 31.8 Å². The first kappa shape index (κ1) is 11.5. The Labute approximate surface area is 107 Å². The third kappa shape index (κ3) is 2.08. The second kappa shape index (κ2) is 4.61. The zero-order valence-corrected chi connectivity index (χ0v) is 10.6. The molecule has 1 amide bonds. The third-order valence-corrected chi connectivity index (χ3v) is 3.77. The van der Waals surface area contributed by atoms with Crippen molar-refractivity contribution in [1.29, 1.82) is 0 Å². The minimum absolute atomic E-state index is 0.0352. The molecule has 1 N–H and O–H groups in total. The molecule has 0 saturated carbocycles. The van der Waals surface area contributed by atoms with E-state index in [2.05, 4.69) is 5.32 Å². The fourth-order valence-corrected chi connectivity index (χ4v) is 2.73. The Kier molecular flexibility index (Phi) is 2.96. The van der Waals surface area contributed by atoms with Crippen LogP contribution in [0.3, 0.4) is 0 Å². The number of nitrogens with one attached hydrogen (secondary N) is 1. The van der Waals surface area contributed by atoms with Gasteiger partial charge in [-0.3, -0.25) is 4.90 Å². The van der Waals surface area contributed by atoms with Gasteiger partial charge in [0.2, 0.25) is 0 Å². The van der Waals surface area contributed by atoms with Gasteiger partial charge in [-0.2, -0.15) is 0 Å². The number of benzene rings is 1. The second-order valence-electron chi connectivity index (χ2n) is 5.12. The summed E-state index contributed by atoms with van der Waals surface area (Å²) < 4.78 is 5.50. The highest BCUT2D eigenvalue weighted by Crippen LogP contribution is 2.27. The average molecular weight is 246 g/mol. The van der Waals surface area contributed by atoms with Gasteiger partial charge in [0.15, 0.2) is 0 Å². The lowest BCUT2D eigenvalue weighted by Crippen LogP contribution is -2.28. The SMILES string of the molecule is Cc1cccc(N2CC(C3CCNC3)OC2=O)c1. The smallest absolute Gasteiger partial charge is 0.414 e. The molecule has 2 unspecified atom stereocenters. The van der Waals surface area contributed by atoms with Crippen LogP contribution in [0.25, 0.3) is 0 Å². The van der Waals surface area contributed by atoms with E-state index in [0.717, 1.165) is 30.8 Å². The van der Waals surface area contributed by atoms with Crippen molar-refractivity contribution in [3.05, 3.63) is 29.8 Å². The number of anilines is 1. The van der Waals surface area contributed by atoms with Crippen LogP contribution in [0.5, 0.6) is 0 Å². The van der Waals surface area contributed by atoms with Crippen LogP contribution < -0.4 is 10.2 Å². The lowest BCUT2D eigenvalue weighted by Gasteiger charge is -2.16. The summed E-state index contributed by atoms with van der Waals surface area (Å²) >= 11 is 0. The maximum atomic E-state index is 11.9. The quantitative estimate of drug-likeness (QED) is 0.867. The van der Waals surface area contributed by atoms with E-state index >= 15 is 0 Å². The number of carbonyl (C=O) groups is 1. The van der Waals surface area contributed by atoms with E-state index in [0.29, 0.717) is 12.5 Å². The maximum Gasteiger partial charge on any atom is 0.414 e. The van der Waals surface area contributed by atoms with Crippen molar-refractivity contribution in [3.63, 3.8) is 0 Å². The highest BCUT2D eigenvalue weighted by molar-refractivity contribution is 5.89. The van der Waals surface area contributed by atoms with Crippen LogP contribution in [0.2, 0.25) is 0 Å². The zero-order valence-electron chi connectivity index (χ0n) is 10.6. The molecule has 0 bridgehead atoms. The predicted octanol–water partition coefficient (Wildman–Crippen LogP) is 1.93. The number of carbonyl (C=O) groups excluding carboxylic acids is 1. The van der Waals surface area contributed by atoms with Gasteiger partial charge in [0.25, 0.3) is 0 Å². The molecule has 2 heterocycles. The lowest BCUT2D eigenvalue weighted by molar-refractivity contribution is 0.111. The Balaban J connectivity index is 1.76. The van der Waals surface area contributed by atoms with Crippen molar-refractivity contribution in [3.8, 4) is 0 Å². The van der Waals surface area contributed by atoms with E-state index in [1.165, 1.54) is 0 Å². The Morgan fingerprint density at radius 3 is 3.06 bits per heavy atom. The molecule has 2 aliphatic heterocycles. The number of rotatable bonds is 2. The summed E-state index contributed by atoms with van der Waals surface area (Å²) in [4.78, 5) is 13.7. The molecule has 2 atom stereocenters. The molecule has 4 heteroatoms. The number of hydrogen-bond acceptors (Lipinski definition) is 3. The van der Waals surface area contributed by atoms with Gasteiger partial charge >= 0.3 is 6.09 Å². The van der Waals surface area contributed by atoms with Crippen LogP contribution in [0.15, 0.2) is 24.3 Å². The van der Waals surface area contributed by atoms with E-state index in [9.17, 15) is 4.79 Å². The van der Waals surface area contributed by atoms with Crippen molar-refractivity contribution >= 4 is 11.8 Å². The number of aryl methyl sites for hydroxylation is 1. The van der Waals surface area contributed by atoms with Crippen LogP contribution in [0.4, 0.5) is 10.5 Å². The number of nitrogens with zero attached hydrogens (tertiary/aromatic N) is 1. The molecule has 1 aromatic rings. The number of ether oxygens (including phenoxy) is 1. The molecule has 18 heavy (non-hydrogen) atoms. The topological polar surface area (TPSA) is 41.6 Å². The van der Waals surface area contributed by atoms with Crippen LogP contribution >= 0.6 is 0 Å². The highest BCUT2D eigenvalue weighted by atomic mass is 16.6. The fourth-order valence-electron chi connectivity index (χ4n) is 2.73. The molecule has 2 saturated heterocycles. The van der Waals surface area contributed by atoms with Gasteiger partial charge < -0.3 is 10.1 Å². The Hall–Kier alpha value is -1.55. The van der Waals surface area contributed by atoms with E-state index < -0.39 is 0 Å². The van der Waals surface area contributed by atoms with Crippen LogP contribution in [0.1, 0.15) is 12.0 Å². The van der Waals surface area contributed by atoms with Gasteiger partial charge in [0.1, 0.15) is 6.10 Å². The summed E-state index contributed by atoms with van der Waals surface area (Å²) in [7, 11) is 0. The van der Waals surface area contributed by atoms with Gasteiger partial charge in [-0.1, -0.05) is 12.1 Å². The Morgan fingerprint density at radius 1 is 1.44 bits per heavy atom. The first-order valence-electron chi connectivity index (χ1n) is 6.49. The fraction of sp³-hybridized carbons (Fsp3) is 0.500. The number of cyclic esters (lactones) is 1. The maximum absolute atomic E-state index is 11.9. The van der Waals surface area contributed by atoms with Crippen molar-refractivity contribution in [2.45, 2.75) is 19.4 Å². The minimum Gasteiger partial charge on any atom is -0.444 e. The van der Waals surface area contributed by atoms with Crippen LogP contribution in [0, 0.1) is 12.8 Å². The van der Waals surface area contributed by atoms with Gasteiger partial charge in [-0.25, -0.2) is 4.79 Å². The van der Waals surface area contributed by atoms with Crippen molar-refractivity contribution in [2.75, 3.05) is 24.5 Å². The normalized spacial score (nSPS) is 27.6. The summed E-state index contributed by atoms with van der Waals surface area (Å²) in [6, 6.07) is 7.99. The van der Waals surface area contributed by atoms with E-state index in [1.54, 1.807) is 4.90 Å². The molecule has 2 aliphatic rings. The monoisotopic (exact) mass is 246 g/mol. The third-order valence-electron chi connectivity index (χ3n) is 3.77. The molecular weight excluding hydrogens is 228 g/mol. The molecule has 1 aromatic carbocycles. The molecule has 0 spiro atoms. The molecule has 0 radical (unpaired) electrons. The summed E-state index contributed by atoms with van der Waals surface area (Å²) in [5, 5.41) is 3.32. The average Bonchev–Trinajstić information content (AvgIpc) is 2.97. The highest BCUT2D eigenvalue weighted by Gasteiger charge is 2.38. The molecule has 0 aliphatic carbocycles. The van der Waals surface area contributed by atoms with Gasteiger partial charge in [-0.05, 0) is 37.6 Å². The number of hydrogen-bond donors (Lipinski definition) is 1. The van der Waals surface area contributed by atoms with E-state index in [1.807, 2.05) is 31.2 Å². The summed E-state index contributed by atoms with van der Waals surface area (Å²) in [6.07, 6.45) is 0.921. The Bertz CT molecular complexity index is 455. The van der Waals surface area contributed by atoms with Gasteiger partial charge in [0.05, 0.1) is 6.54 Å². The van der Waals surface area contributed by atoms with E-state index in [-0.39, 0.29) is 12.2 Å². The molecule has 96 valence electrons. The molecule has 4 nitrogen and oxygen atoms in total. The van der Waals surface area contributed by atoms with Crippen LogP contribution in [-0.2, 0) is 4.74 Å². The second-order valence-corrected chi connectivity index (χ2v) is 5.12. The van der Waals surface area contributed by atoms with Crippen molar-refractivity contribution < 1.29 is 9.53 Å². The molecule has 3 rings (SSSR count). The summed E-state index contributed by atoms with van der Waals surface area (Å²) in [6.45, 7) is 4.70. The van der Waals surface area contributed by atoms with Crippen molar-refractivity contribution in [1.82, 2.24) is 5.32 Å². The summed E-state index contributed by atoms with van der Waals surface area (Å²) in [5.41, 5.74) is 2.10. The van der Waals surface area contributed by atoms with Gasteiger partial charge in [0, 0.05) is 18.2 Å². The molecular formula is C14H18N2O2. The largest absolute Gasteiger partial charge is 0.444 e. The lowest BCUT2D eigenvalue weighted by atomic mass is 10.0. The first-order chi connectivity index (χ1) is 8.74.